The van der Waals surface area contributed by atoms with E-state index in [0.29, 0.717) is 55.6 Å². The molecule has 0 aliphatic carbocycles. The summed E-state index contributed by atoms with van der Waals surface area (Å²) in [5, 5.41) is 8.48. The van der Waals surface area contributed by atoms with Crippen LogP contribution < -0.4 is 4.90 Å². The Morgan fingerprint density at radius 1 is 1.03 bits per heavy atom. The van der Waals surface area contributed by atoms with Crippen LogP contribution >= 0.6 is 0 Å². The van der Waals surface area contributed by atoms with E-state index in [1.165, 1.54) is 0 Å². The molecular formula is C29H28FN7O2. The van der Waals surface area contributed by atoms with Crippen LogP contribution in [0.4, 0.5) is 20.6 Å². The Kier molecular flexibility index (Phi) is 5.87. The minimum Gasteiger partial charge on any atom is -0.444 e. The van der Waals surface area contributed by atoms with E-state index in [4.69, 9.17) is 11.3 Å². The van der Waals surface area contributed by atoms with Crippen LogP contribution in [0.5, 0.6) is 0 Å². The molecule has 9 nitrogen and oxygen atoms in total. The van der Waals surface area contributed by atoms with Gasteiger partial charge in [0.25, 0.3) is 0 Å². The maximum absolute atomic E-state index is 15.5. The van der Waals surface area contributed by atoms with Crippen LogP contribution in [0.3, 0.4) is 0 Å². The quantitative estimate of drug-likeness (QED) is 0.284. The maximum atomic E-state index is 15.5. The molecule has 0 spiro atoms. The van der Waals surface area contributed by atoms with Gasteiger partial charge in [-0.2, -0.15) is 0 Å². The van der Waals surface area contributed by atoms with E-state index in [9.17, 15) is 4.79 Å². The van der Waals surface area contributed by atoms with Gasteiger partial charge in [-0.1, -0.05) is 24.3 Å². The van der Waals surface area contributed by atoms with Crippen molar-refractivity contribution in [3.8, 4) is 28.3 Å². The van der Waals surface area contributed by atoms with E-state index in [-0.39, 0.29) is 11.9 Å². The van der Waals surface area contributed by atoms with Crippen molar-refractivity contribution in [1.82, 2.24) is 24.2 Å². The third-order valence-electron chi connectivity index (χ3n) is 7.02. The third kappa shape index (κ3) is 4.61. The average Bonchev–Trinajstić information content (AvgIpc) is 3.54. The molecule has 0 N–H and O–H groups in total. The van der Waals surface area contributed by atoms with Crippen molar-refractivity contribution in [3.63, 3.8) is 0 Å². The van der Waals surface area contributed by atoms with Crippen molar-refractivity contribution >= 4 is 17.5 Å². The van der Waals surface area contributed by atoms with Crippen molar-refractivity contribution in [3.05, 3.63) is 77.8 Å². The zero-order valence-electron chi connectivity index (χ0n) is 22.1. The molecule has 2 aromatic heterocycles. The van der Waals surface area contributed by atoms with Crippen LogP contribution in [0.25, 0.3) is 33.2 Å². The van der Waals surface area contributed by atoms with Crippen LogP contribution in [0.1, 0.15) is 26.3 Å². The van der Waals surface area contributed by atoms with E-state index in [1.54, 1.807) is 29.4 Å². The minimum absolute atomic E-state index is 0.328. The lowest BCUT2D eigenvalue weighted by Crippen LogP contribution is -2.50. The molecule has 1 saturated heterocycles. The second-order valence-corrected chi connectivity index (χ2v) is 10.8. The minimum atomic E-state index is -0.559. The molecule has 0 atom stereocenters. The number of carbonyl (C=O) groups is 1. The van der Waals surface area contributed by atoms with Crippen molar-refractivity contribution in [2.75, 3.05) is 31.1 Å². The Morgan fingerprint density at radius 2 is 1.77 bits per heavy atom. The molecule has 39 heavy (non-hydrogen) atoms. The molecular weight excluding hydrogens is 497 g/mol. The summed E-state index contributed by atoms with van der Waals surface area (Å²) in [6.07, 6.45) is 3.32. The Bertz CT molecular complexity index is 1600. The van der Waals surface area contributed by atoms with Crippen LogP contribution in [-0.2, 0) is 11.3 Å². The largest absolute Gasteiger partial charge is 0.444 e. The highest BCUT2D eigenvalue weighted by molar-refractivity contribution is 5.73. The number of hydrogen-bond donors (Lipinski definition) is 0. The molecule has 0 radical (unpaired) electrons. The number of carbonyl (C=O) groups excluding carboxylic acids is 1. The summed E-state index contributed by atoms with van der Waals surface area (Å²) in [7, 11) is 0. The van der Waals surface area contributed by atoms with Crippen molar-refractivity contribution < 1.29 is 13.9 Å². The summed E-state index contributed by atoms with van der Waals surface area (Å²) < 4.78 is 25.0. The SMILES string of the molecule is [C-]#[N+]c1ccc(-c2cc3n(c2)Cc2cc(N4CCN(C(=O)OC(C)(C)C)CC4)c(F)cc2-n2cnnc2-3)cc1. The Balaban J connectivity index is 1.30. The summed E-state index contributed by atoms with van der Waals surface area (Å²) >= 11 is 0. The van der Waals surface area contributed by atoms with Crippen LogP contribution in [0.2, 0.25) is 0 Å². The smallest absolute Gasteiger partial charge is 0.410 e. The van der Waals surface area contributed by atoms with Gasteiger partial charge in [-0.05, 0) is 44.0 Å². The third-order valence-corrected chi connectivity index (χ3v) is 7.02. The first-order chi connectivity index (χ1) is 18.7. The van der Waals surface area contributed by atoms with Crippen molar-refractivity contribution in [1.29, 1.82) is 0 Å². The van der Waals surface area contributed by atoms with Gasteiger partial charge < -0.3 is 19.1 Å². The maximum Gasteiger partial charge on any atom is 0.410 e. The van der Waals surface area contributed by atoms with Crippen molar-refractivity contribution in [2.45, 2.75) is 32.9 Å². The van der Waals surface area contributed by atoms with Gasteiger partial charge in [-0.3, -0.25) is 4.57 Å². The molecule has 4 aromatic rings. The first kappa shape index (κ1) is 24.7. The molecule has 1 fully saturated rings. The van der Waals surface area contributed by atoms with Gasteiger partial charge in [-0.25, -0.2) is 14.0 Å². The molecule has 6 rings (SSSR count). The summed E-state index contributed by atoms with van der Waals surface area (Å²) in [5.74, 6) is 0.308. The highest BCUT2D eigenvalue weighted by atomic mass is 19.1. The lowest BCUT2D eigenvalue weighted by atomic mass is 10.1. The molecule has 1 amide bonds. The molecule has 2 aromatic carbocycles. The van der Waals surface area contributed by atoms with Gasteiger partial charge in [0.15, 0.2) is 11.5 Å². The number of halogens is 1. The summed E-state index contributed by atoms with van der Waals surface area (Å²) in [4.78, 5) is 19.6. The average molecular weight is 526 g/mol. The second-order valence-electron chi connectivity index (χ2n) is 10.8. The predicted octanol–water partition coefficient (Wildman–Crippen LogP) is 5.51. The Labute approximate surface area is 225 Å². The van der Waals surface area contributed by atoms with Gasteiger partial charge in [0.2, 0.25) is 0 Å². The molecule has 4 heterocycles. The van der Waals surface area contributed by atoms with E-state index >= 15 is 4.39 Å². The molecule has 2 aliphatic rings. The number of hydrogen-bond acceptors (Lipinski definition) is 5. The number of amides is 1. The number of nitrogens with zero attached hydrogens (tertiary/aromatic N) is 7. The van der Waals surface area contributed by atoms with Crippen LogP contribution in [0, 0.1) is 12.4 Å². The first-order valence-corrected chi connectivity index (χ1v) is 12.8. The van der Waals surface area contributed by atoms with Gasteiger partial charge in [0.1, 0.15) is 17.7 Å². The van der Waals surface area contributed by atoms with Gasteiger partial charge in [-0.15, -0.1) is 10.2 Å². The van der Waals surface area contributed by atoms with Crippen LogP contribution in [0.15, 0.2) is 55.0 Å². The normalized spacial score (nSPS) is 14.6. The van der Waals surface area contributed by atoms with E-state index in [2.05, 4.69) is 25.8 Å². The second kappa shape index (κ2) is 9.27. The number of rotatable bonds is 2. The highest BCUT2D eigenvalue weighted by Crippen LogP contribution is 2.36. The van der Waals surface area contributed by atoms with Gasteiger partial charge in [0, 0.05) is 50.6 Å². The van der Waals surface area contributed by atoms with Gasteiger partial charge in [0.05, 0.1) is 23.6 Å². The van der Waals surface area contributed by atoms with E-state index in [1.807, 2.05) is 54.5 Å². The number of benzene rings is 2. The van der Waals surface area contributed by atoms with Crippen LogP contribution in [-0.4, -0.2) is 62.1 Å². The molecule has 0 unspecified atom stereocenters. The number of ether oxygens (including phenoxy) is 1. The van der Waals surface area contributed by atoms with E-state index < -0.39 is 5.60 Å². The lowest BCUT2D eigenvalue weighted by Gasteiger charge is -2.37. The zero-order chi connectivity index (χ0) is 27.3. The topological polar surface area (TPSA) is 72.8 Å². The monoisotopic (exact) mass is 525 g/mol. The van der Waals surface area contributed by atoms with Gasteiger partial charge >= 0.3 is 6.09 Å². The molecule has 10 heteroatoms. The molecule has 0 bridgehead atoms. The highest BCUT2D eigenvalue weighted by Gasteiger charge is 2.29. The molecule has 0 saturated carbocycles. The zero-order valence-corrected chi connectivity index (χ0v) is 22.1. The number of fused-ring (bicyclic) bond motifs is 5. The van der Waals surface area contributed by atoms with Crippen molar-refractivity contribution in [2.24, 2.45) is 0 Å². The Morgan fingerprint density at radius 3 is 2.46 bits per heavy atom. The first-order valence-electron chi connectivity index (χ1n) is 12.8. The summed E-state index contributed by atoms with van der Waals surface area (Å²) in [6, 6.07) is 13.0. The lowest BCUT2D eigenvalue weighted by molar-refractivity contribution is 0.0240. The Hall–Kier alpha value is -4.65. The summed E-state index contributed by atoms with van der Waals surface area (Å²) in [6.45, 7) is 15.2. The fourth-order valence-corrected chi connectivity index (χ4v) is 5.13. The molecule has 2 aliphatic heterocycles. The standard InChI is InChI=1S/C29H28FN7O2/c1-29(2,3)39-28(38)35-11-9-34(10-12-35)25-14-21-17-36-16-20(19-5-7-22(31-4)8-6-19)13-26(36)27-33-32-18-37(27)24(21)15-23(25)30/h5-8,13-16,18H,9-12,17H2,1-3H3. The molecule has 198 valence electrons. The fraction of sp³-hybridized carbons (Fsp3) is 0.310. The number of anilines is 1. The number of aromatic nitrogens is 4. The summed E-state index contributed by atoms with van der Waals surface area (Å²) in [5.41, 5.74) is 5.06. The predicted molar refractivity (Wildman–Crippen MR) is 146 cm³/mol. The number of piperazine rings is 1. The fourth-order valence-electron chi connectivity index (χ4n) is 5.13. The van der Waals surface area contributed by atoms with E-state index in [0.717, 1.165) is 22.4 Å².